The molecule has 0 saturated heterocycles. The van der Waals surface area contributed by atoms with Crippen LogP contribution in [0.1, 0.15) is 19.7 Å². The SMILES string of the molecule is Cc1nc(NCC(=O)NC(C)C)cc(=O)[nH]1. The van der Waals surface area contributed by atoms with Crippen molar-refractivity contribution in [3.63, 3.8) is 0 Å². The largest absolute Gasteiger partial charge is 0.361 e. The van der Waals surface area contributed by atoms with Gasteiger partial charge in [0.2, 0.25) is 5.91 Å². The monoisotopic (exact) mass is 224 g/mol. The Morgan fingerprint density at radius 3 is 2.81 bits per heavy atom. The number of aromatic nitrogens is 2. The summed E-state index contributed by atoms with van der Waals surface area (Å²) in [4.78, 5) is 29.0. The molecule has 1 rings (SSSR count). The highest BCUT2D eigenvalue weighted by Crippen LogP contribution is 1.96. The van der Waals surface area contributed by atoms with Crippen molar-refractivity contribution >= 4 is 11.7 Å². The lowest BCUT2D eigenvalue weighted by Crippen LogP contribution is -2.35. The van der Waals surface area contributed by atoms with Crippen molar-refractivity contribution in [2.24, 2.45) is 0 Å². The number of carbonyl (C=O) groups is 1. The fourth-order valence-corrected chi connectivity index (χ4v) is 1.21. The number of aryl methyl sites for hydroxylation is 1. The highest BCUT2D eigenvalue weighted by atomic mass is 16.2. The molecule has 1 heterocycles. The van der Waals surface area contributed by atoms with Gasteiger partial charge in [-0.05, 0) is 20.8 Å². The highest BCUT2D eigenvalue weighted by molar-refractivity contribution is 5.80. The van der Waals surface area contributed by atoms with Crippen molar-refractivity contribution in [2.45, 2.75) is 26.8 Å². The van der Waals surface area contributed by atoms with Gasteiger partial charge in [-0.25, -0.2) is 4.98 Å². The number of hydrogen-bond acceptors (Lipinski definition) is 4. The number of amides is 1. The number of hydrogen-bond donors (Lipinski definition) is 3. The summed E-state index contributed by atoms with van der Waals surface area (Å²) in [6, 6.07) is 1.42. The van der Waals surface area contributed by atoms with Gasteiger partial charge in [-0.1, -0.05) is 0 Å². The summed E-state index contributed by atoms with van der Waals surface area (Å²) >= 11 is 0. The minimum Gasteiger partial charge on any atom is -0.361 e. The molecule has 0 aromatic carbocycles. The summed E-state index contributed by atoms with van der Waals surface area (Å²) in [5.74, 6) is 0.786. The molecule has 6 heteroatoms. The quantitative estimate of drug-likeness (QED) is 0.672. The van der Waals surface area contributed by atoms with Crippen molar-refractivity contribution < 1.29 is 4.79 Å². The number of nitrogens with zero attached hydrogens (tertiary/aromatic N) is 1. The molecule has 88 valence electrons. The highest BCUT2D eigenvalue weighted by Gasteiger charge is 2.03. The van der Waals surface area contributed by atoms with E-state index in [2.05, 4.69) is 20.6 Å². The molecule has 16 heavy (non-hydrogen) atoms. The molecule has 0 saturated carbocycles. The van der Waals surface area contributed by atoms with E-state index in [9.17, 15) is 9.59 Å². The third kappa shape index (κ3) is 4.12. The second kappa shape index (κ2) is 5.29. The topological polar surface area (TPSA) is 86.9 Å². The number of nitrogens with one attached hydrogen (secondary N) is 3. The van der Waals surface area contributed by atoms with Crippen molar-refractivity contribution in [1.29, 1.82) is 0 Å². The maximum Gasteiger partial charge on any atom is 0.252 e. The van der Waals surface area contributed by atoms with E-state index in [-0.39, 0.29) is 24.1 Å². The first-order valence-corrected chi connectivity index (χ1v) is 5.08. The van der Waals surface area contributed by atoms with Gasteiger partial charge < -0.3 is 15.6 Å². The van der Waals surface area contributed by atoms with E-state index in [1.807, 2.05) is 13.8 Å². The summed E-state index contributed by atoms with van der Waals surface area (Å²) in [7, 11) is 0. The van der Waals surface area contributed by atoms with E-state index in [1.54, 1.807) is 6.92 Å². The van der Waals surface area contributed by atoms with Gasteiger partial charge in [0.15, 0.2) is 0 Å². The summed E-state index contributed by atoms with van der Waals surface area (Å²) in [5, 5.41) is 5.52. The molecule has 3 N–H and O–H groups in total. The van der Waals surface area contributed by atoms with E-state index in [0.717, 1.165) is 0 Å². The molecule has 0 unspecified atom stereocenters. The minimum atomic E-state index is -0.237. The zero-order valence-electron chi connectivity index (χ0n) is 9.63. The van der Waals surface area contributed by atoms with E-state index in [1.165, 1.54) is 6.07 Å². The predicted molar refractivity (Wildman–Crippen MR) is 61.4 cm³/mol. The summed E-state index contributed by atoms with van der Waals surface area (Å²) in [5.41, 5.74) is -0.237. The lowest BCUT2D eigenvalue weighted by Gasteiger charge is -2.09. The summed E-state index contributed by atoms with van der Waals surface area (Å²) < 4.78 is 0. The Hall–Kier alpha value is -1.85. The predicted octanol–water partition coefficient (Wildman–Crippen LogP) is 0.0148. The first-order valence-electron chi connectivity index (χ1n) is 5.08. The van der Waals surface area contributed by atoms with Gasteiger partial charge in [0.25, 0.3) is 5.56 Å². The van der Waals surface area contributed by atoms with Crippen molar-refractivity contribution in [1.82, 2.24) is 15.3 Å². The van der Waals surface area contributed by atoms with Crippen LogP contribution < -0.4 is 16.2 Å². The van der Waals surface area contributed by atoms with Crippen LogP contribution in [0.3, 0.4) is 0 Å². The Kier molecular flexibility index (Phi) is 4.04. The number of anilines is 1. The average Bonchev–Trinajstić information content (AvgIpc) is 2.12. The molecular formula is C10H16N4O2. The van der Waals surface area contributed by atoms with Crippen molar-refractivity contribution in [3.8, 4) is 0 Å². The Morgan fingerprint density at radius 2 is 2.25 bits per heavy atom. The zero-order chi connectivity index (χ0) is 12.1. The van der Waals surface area contributed by atoms with Crippen LogP contribution in [-0.4, -0.2) is 28.5 Å². The fourth-order valence-electron chi connectivity index (χ4n) is 1.21. The molecule has 1 aromatic rings. The molecule has 0 fully saturated rings. The van der Waals surface area contributed by atoms with Gasteiger partial charge in [0, 0.05) is 12.1 Å². The normalized spacial score (nSPS) is 10.2. The second-order valence-electron chi connectivity index (χ2n) is 3.79. The van der Waals surface area contributed by atoms with E-state index < -0.39 is 0 Å². The molecule has 0 atom stereocenters. The molecule has 0 aliphatic carbocycles. The van der Waals surface area contributed by atoms with Gasteiger partial charge >= 0.3 is 0 Å². The molecule has 0 bridgehead atoms. The molecular weight excluding hydrogens is 208 g/mol. The maximum atomic E-state index is 11.3. The number of H-pyrrole nitrogens is 1. The van der Waals surface area contributed by atoms with Gasteiger partial charge in [-0.15, -0.1) is 0 Å². The molecule has 0 spiro atoms. The molecule has 0 aliphatic rings. The second-order valence-corrected chi connectivity index (χ2v) is 3.79. The first kappa shape index (κ1) is 12.2. The van der Waals surface area contributed by atoms with Crippen molar-refractivity contribution in [3.05, 3.63) is 22.2 Å². The Bertz CT molecular complexity index is 425. The standard InChI is InChI=1S/C10H16N4O2/c1-6(2)12-10(16)5-11-8-4-9(15)14-7(3)13-8/h4,6H,5H2,1-3H3,(H,12,16)(H2,11,13,14,15). The van der Waals surface area contributed by atoms with Gasteiger partial charge in [-0.3, -0.25) is 9.59 Å². The summed E-state index contributed by atoms with van der Waals surface area (Å²) in [6.45, 7) is 5.55. The minimum absolute atomic E-state index is 0.100. The third-order valence-corrected chi connectivity index (χ3v) is 1.74. The van der Waals surface area contributed by atoms with Gasteiger partial charge in [-0.2, -0.15) is 0 Å². The third-order valence-electron chi connectivity index (χ3n) is 1.74. The van der Waals surface area contributed by atoms with Crippen LogP contribution in [0.2, 0.25) is 0 Å². The average molecular weight is 224 g/mol. The van der Waals surface area contributed by atoms with Gasteiger partial charge in [0.05, 0.1) is 6.54 Å². The molecule has 1 amide bonds. The summed E-state index contributed by atoms with van der Waals surface area (Å²) in [6.07, 6.45) is 0. The molecule has 0 radical (unpaired) electrons. The number of carbonyl (C=O) groups excluding carboxylic acids is 1. The van der Waals surface area contributed by atoms with Crippen LogP contribution in [0.15, 0.2) is 10.9 Å². The van der Waals surface area contributed by atoms with E-state index >= 15 is 0 Å². The number of rotatable bonds is 4. The maximum absolute atomic E-state index is 11.3. The van der Waals surface area contributed by atoms with Gasteiger partial charge in [0.1, 0.15) is 11.6 Å². The lowest BCUT2D eigenvalue weighted by atomic mass is 10.4. The Balaban J connectivity index is 2.54. The van der Waals surface area contributed by atoms with Crippen LogP contribution in [-0.2, 0) is 4.79 Å². The van der Waals surface area contributed by atoms with Crippen LogP contribution in [0.25, 0.3) is 0 Å². The van der Waals surface area contributed by atoms with Crippen LogP contribution in [0.4, 0.5) is 5.82 Å². The molecule has 0 aliphatic heterocycles. The van der Waals surface area contributed by atoms with Crippen LogP contribution in [0.5, 0.6) is 0 Å². The smallest absolute Gasteiger partial charge is 0.252 e. The molecule has 6 nitrogen and oxygen atoms in total. The fraction of sp³-hybridized carbons (Fsp3) is 0.500. The number of aromatic amines is 1. The Morgan fingerprint density at radius 1 is 1.56 bits per heavy atom. The molecule has 1 aromatic heterocycles. The first-order chi connectivity index (χ1) is 7.47. The zero-order valence-corrected chi connectivity index (χ0v) is 9.63. The van der Waals surface area contributed by atoms with E-state index in [4.69, 9.17) is 0 Å². The lowest BCUT2D eigenvalue weighted by molar-refractivity contribution is -0.119. The van der Waals surface area contributed by atoms with Crippen molar-refractivity contribution in [2.75, 3.05) is 11.9 Å². The van der Waals surface area contributed by atoms with Crippen LogP contribution in [0, 0.1) is 6.92 Å². The van der Waals surface area contributed by atoms with Crippen LogP contribution >= 0.6 is 0 Å². The Labute approximate surface area is 93.5 Å². The van der Waals surface area contributed by atoms with E-state index in [0.29, 0.717) is 11.6 Å².